The molecule has 0 aromatic heterocycles. The molecule has 150 valence electrons. The van der Waals surface area contributed by atoms with Gasteiger partial charge in [-0.15, -0.1) is 0 Å². The zero-order valence-corrected chi connectivity index (χ0v) is 17.4. The van der Waals surface area contributed by atoms with Gasteiger partial charge in [-0.3, -0.25) is 13.8 Å². The molecule has 6 heteroatoms. The molecule has 1 aromatic rings. The Hall–Kier alpha value is -1.69. The first-order valence-electron chi connectivity index (χ1n) is 9.59. The van der Waals surface area contributed by atoms with Crippen LogP contribution in [0.4, 0.5) is 5.69 Å². The molecule has 1 fully saturated rings. The normalized spacial score (nSPS) is 17.9. The molecule has 1 amide bonds. The van der Waals surface area contributed by atoms with Crippen molar-refractivity contribution in [3.05, 3.63) is 29.8 Å². The van der Waals surface area contributed by atoms with Crippen LogP contribution in [-0.4, -0.2) is 25.9 Å². The van der Waals surface area contributed by atoms with Crippen molar-refractivity contribution in [2.45, 2.75) is 76.2 Å². The van der Waals surface area contributed by atoms with Gasteiger partial charge in [0, 0.05) is 33.4 Å². The van der Waals surface area contributed by atoms with Gasteiger partial charge in [-0.1, -0.05) is 31.4 Å². The molecule has 0 heterocycles. The molecule has 5 nitrogen and oxygen atoms in total. The summed E-state index contributed by atoms with van der Waals surface area (Å²) in [6.07, 6.45) is 4.93. The second-order valence-electron chi connectivity index (χ2n) is 8.66. The van der Waals surface area contributed by atoms with Crippen LogP contribution in [0.15, 0.2) is 24.3 Å². The van der Waals surface area contributed by atoms with Crippen molar-refractivity contribution >= 4 is 28.4 Å². The molecule has 2 N–H and O–H groups in total. The molecule has 1 saturated carbocycles. The monoisotopic (exact) mass is 393 g/mol. The minimum atomic E-state index is -1.01. The van der Waals surface area contributed by atoms with Gasteiger partial charge in [-0.05, 0) is 56.7 Å². The summed E-state index contributed by atoms with van der Waals surface area (Å²) in [7, 11) is -1.01. The Bertz CT molecular complexity index is 702. The van der Waals surface area contributed by atoms with Crippen LogP contribution in [0.3, 0.4) is 0 Å². The number of carboxylic acids is 1. The average molecular weight is 394 g/mol. The number of carbonyl (C=O) groups is 2. The summed E-state index contributed by atoms with van der Waals surface area (Å²) in [5.74, 6) is -0.542. The lowest BCUT2D eigenvalue weighted by Crippen LogP contribution is -2.32. The fourth-order valence-electron chi connectivity index (χ4n) is 3.69. The van der Waals surface area contributed by atoms with Gasteiger partial charge in [0.2, 0.25) is 5.91 Å². The minimum absolute atomic E-state index is 0.0467. The standard InChI is InChI=1S/C21H31NO4S/c1-20(2,3)27(26)15-16-8-7-9-17(12-16)22-18(23)13-21(14-19(24)25)10-5-4-6-11-21/h7-9,12H,4-6,10-11,13-15H2,1-3H3,(H,22,23)(H,24,25). The summed E-state index contributed by atoms with van der Waals surface area (Å²) in [6.45, 7) is 5.84. The summed E-state index contributed by atoms with van der Waals surface area (Å²) in [6, 6.07) is 7.42. The first-order chi connectivity index (χ1) is 12.6. The first-order valence-corrected chi connectivity index (χ1v) is 10.9. The maximum absolute atomic E-state index is 12.6. The van der Waals surface area contributed by atoms with Crippen molar-refractivity contribution in [1.29, 1.82) is 0 Å². The number of benzene rings is 1. The molecule has 1 aliphatic carbocycles. The smallest absolute Gasteiger partial charge is 0.303 e. The summed E-state index contributed by atoms with van der Waals surface area (Å²) in [4.78, 5) is 23.9. The third-order valence-electron chi connectivity index (χ3n) is 5.17. The van der Waals surface area contributed by atoms with E-state index in [1.54, 1.807) is 0 Å². The Balaban J connectivity index is 2.03. The lowest BCUT2D eigenvalue weighted by molar-refractivity contribution is -0.140. The number of anilines is 1. The quantitative estimate of drug-likeness (QED) is 0.715. The lowest BCUT2D eigenvalue weighted by atomic mass is 9.69. The molecule has 2 rings (SSSR count). The molecule has 1 atom stereocenters. The van der Waals surface area contributed by atoms with E-state index in [-0.39, 0.29) is 23.5 Å². The van der Waals surface area contributed by atoms with Crippen molar-refractivity contribution in [2.75, 3.05) is 5.32 Å². The largest absolute Gasteiger partial charge is 0.481 e. The van der Waals surface area contributed by atoms with E-state index < -0.39 is 22.2 Å². The van der Waals surface area contributed by atoms with Crippen molar-refractivity contribution in [1.82, 2.24) is 0 Å². The Kier molecular flexibility index (Phi) is 7.20. The van der Waals surface area contributed by atoms with E-state index in [4.69, 9.17) is 0 Å². The Labute approximate surface area is 164 Å². The highest BCUT2D eigenvalue weighted by atomic mass is 32.2. The van der Waals surface area contributed by atoms with Gasteiger partial charge in [0.05, 0.1) is 6.42 Å². The predicted molar refractivity (Wildman–Crippen MR) is 109 cm³/mol. The van der Waals surface area contributed by atoms with Crippen LogP contribution in [0.1, 0.15) is 71.3 Å². The fraction of sp³-hybridized carbons (Fsp3) is 0.619. The van der Waals surface area contributed by atoms with E-state index in [2.05, 4.69) is 5.32 Å². The number of aliphatic carboxylic acids is 1. The van der Waals surface area contributed by atoms with Crippen LogP contribution >= 0.6 is 0 Å². The van der Waals surface area contributed by atoms with Gasteiger partial charge < -0.3 is 10.4 Å². The predicted octanol–water partition coefficient (Wildman–Crippen LogP) is 4.49. The third kappa shape index (κ3) is 6.76. The van der Waals surface area contributed by atoms with Crippen LogP contribution in [-0.2, 0) is 26.1 Å². The van der Waals surface area contributed by atoms with Crippen LogP contribution in [0.2, 0.25) is 0 Å². The second kappa shape index (κ2) is 9.00. The molecule has 0 aliphatic heterocycles. The second-order valence-corrected chi connectivity index (χ2v) is 10.9. The third-order valence-corrected chi connectivity index (χ3v) is 7.13. The highest BCUT2D eigenvalue weighted by Gasteiger charge is 2.36. The molecule has 1 aromatic carbocycles. The highest BCUT2D eigenvalue weighted by molar-refractivity contribution is 7.85. The maximum Gasteiger partial charge on any atom is 0.303 e. The van der Waals surface area contributed by atoms with Gasteiger partial charge in [0.15, 0.2) is 0 Å². The van der Waals surface area contributed by atoms with Gasteiger partial charge in [0.1, 0.15) is 0 Å². The van der Waals surface area contributed by atoms with Crippen molar-refractivity contribution in [3.63, 3.8) is 0 Å². The molecule has 27 heavy (non-hydrogen) atoms. The van der Waals surface area contributed by atoms with E-state index in [0.717, 1.165) is 37.7 Å². The molecule has 0 saturated heterocycles. The zero-order chi connectivity index (χ0) is 20.1. The number of nitrogens with one attached hydrogen (secondary N) is 1. The summed E-state index contributed by atoms with van der Waals surface area (Å²) < 4.78 is 12.1. The number of carboxylic acid groups (broad SMARTS) is 1. The van der Waals surface area contributed by atoms with E-state index in [0.29, 0.717) is 11.4 Å². The number of carbonyl (C=O) groups excluding carboxylic acids is 1. The summed E-state index contributed by atoms with van der Waals surface area (Å²) >= 11 is 0. The molecule has 0 bridgehead atoms. The SMILES string of the molecule is CC(C)(C)S(=O)Cc1cccc(NC(=O)CC2(CC(=O)O)CCCCC2)c1. The summed E-state index contributed by atoms with van der Waals surface area (Å²) in [5.41, 5.74) is 1.16. The number of amides is 1. The molecule has 1 aliphatic rings. The number of hydrogen-bond acceptors (Lipinski definition) is 3. The van der Waals surface area contributed by atoms with Crippen molar-refractivity contribution in [2.24, 2.45) is 5.41 Å². The van der Waals surface area contributed by atoms with E-state index in [9.17, 15) is 18.9 Å². The lowest BCUT2D eigenvalue weighted by Gasteiger charge is -2.35. The van der Waals surface area contributed by atoms with Gasteiger partial charge in [-0.25, -0.2) is 0 Å². The Morgan fingerprint density at radius 3 is 2.41 bits per heavy atom. The van der Waals surface area contributed by atoms with E-state index in [1.807, 2.05) is 45.0 Å². The Morgan fingerprint density at radius 1 is 1.15 bits per heavy atom. The zero-order valence-electron chi connectivity index (χ0n) is 16.5. The van der Waals surface area contributed by atoms with E-state index in [1.165, 1.54) is 0 Å². The van der Waals surface area contributed by atoms with Crippen molar-refractivity contribution < 1.29 is 18.9 Å². The highest BCUT2D eigenvalue weighted by Crippen LogP contribution is 2.42. The van der Waals surface area contributed by atoms with Crippen molar-refractivity contribution in [3.8, 4) is 0 Å². The topological polar surface area (TPSA) is 83.5 Å². The van der Waals surface area contributed by atoms with Crippen LogP contribution in [0.25, 0.3) is 0 Å². The molecule has 0 spiro atoms. The molecule has 1 unspecified atom stereocenters. The number of rotatable bonds is 7. The van der Waals surface area contributed by atoms with Gasteiger partial charge in [0.25, 0.3) is 0 Å². The maximum atomic E-state index is 12.6. The Morgan fingerprint density at radius 2 is 1.81 bits per heavy atom. The van der Waals surface area contributed by atoms with Gasteiger partial charge in [-0.2, -0.15) is 0 Å². The number of hydrogen-bond donors (Lipinski definition) is 2. The van der Waals surface area contributed by atoms with Crippen LogP contribution < -0.4 is 5.32 Å². The molecular formula is C21H31NO4S. The summed E-state index contributed by atoms with van der Waals surface area (Å²) in [5, 5.41) is 12.2. The first kappa shape index (κ1) is 21.6. The van der Waals surface area contributed by atoms with Gasteiger partial charge >= 0.3 is 5.97 Å². The van der Waals surface area contributed by atoms with Crippen LogP contribution in [0.5, 0.6) is 0 Å². The van der Waals surface area contributed by atoms with E-state index >= 15 is 0 Å². The van der Waals surface area contributed by atoms with Crippen LogP contribution in [0, 0.1) is 5.41 Å². The molecule has 0 radical (unpaired) electrons. The fourth-order valence-corrected chi connectivity index (χ4v) is 4.61. The minimum Gasteiger partial charge on any atom is -0.481 e. The average Bonchev–Trinajstić information content (AvgIpc) is 2.54. The molecular weight excluding hydrogens is 362 g/mol.